The van der Waals surface area contributed by atoms with Gasteiger partial charge >= 0.3 is 6.09 Å². The monoisotopic (exact) mass is 590 g/mol. The number of aryl methyl sites for hydroxylation is 1. The van der Waals surface area contributed by atoms with Gasteiger partial charge in [0.1, 0.15) is 23.0 Å². The second-order valence-electron chi connectivity index (χ2n) is 11.5. The highest BCUT2D eigenvalue weighted by atomic mass is 32.2. The normalized spacial score (nSPS) is 20.2. The van der Waals surface area contributed by atoms with Crippen molar-refractivity contribution in [2.45, 2.75) is 68.4 Å². The minimum Gasteiger partial charge on any atom is -0.444 e. The van der Waals surface area contributed by atoms with E-state index in [4.69, 9.17) is 4.74 Å². The van der Waals surface area contributed by atoms with Crippen molar-refractivity contribution in [1.82, 2.24) is 23.6 Å². The Hall–Kier alpha value is -3.23. The second kappa shape index (κ2) is 10.00. The molecule has 1 aromatic carbocycles. The van der Waals surface area contributed by atoms with Crippen LogP contribution in [0.25, 0.3) is 11.0 Å². The number of anilines is 1. The Balaban J connectivity index is 1.22. The van der Waals surface area contributed by atoms with Crippen molar-refractivity contribution in [3.8, 4) is 0 Å². The Bertz CT molecular complexity index is 1630. The average molecular weight is 591 g/mol. The first-order valence-electron chi connectivity index (χ1n) is 13.0. The van der Waals surface area contributed by atoms with E-state index < -0.39 is 37.0 Å². The Labute approximate surface area is 234 Å². The maximum absolute atomic E-state index is 13.3. The molecule has 1 saturated heterocycles. The molecule has 1 amide bonds. The highest BCUT2D eigenvalue weighted by Crippen LogP contribution is 2.33. The summed E-state index contributed by atoms with van der Waals surface area (Å²) in [7, 11) is -5.59. The molecular weight excluding hydrogens is 556 g/mol. The highest BCUT2D eigenvalue weighted by molar-refractivity contribution is 7.90. The van der Waals surface area contributed by atoms with Crippen LogP contribution in [0.15, 0.2) is 47.8 Å². The number of amides is 1. The van der Waals surface area contributed by atoms with Crippen molar-refractivity contribution in [1.29, 1.82) is 0 Å². The predicted molar refractivity (Wildman–Crippen MR) is 150 cm³/mol. The fourth-order valence-electron chi connectivity index (χ4n) is 4.83. The van der Waals surface area contributed by atoms with Gasteiger partial charge in [0.15, 0.2) is 5.65 Å². The van der Waals surface area contributed by atoms with E-state index in [1.165, 1.54) is 17.4 Å². The number of ether oxygens (including phenoxy) is 1. The topological polar surface area (TPSA) is 144 Å². The van der Waals surface area contributed by atoms with Gasteiger partial charge in [-0.3, -0.25) is 0 Å². The lowest BCUT2D eigenvalue weighted by molar-refractivity contribution is 0.0138. The van der Waals surface area contributed by atoms with Crippen molar-refractivity contribution in [2.75, 3.05) is 25.0 Å². The molecule has 2 aliphatic rings. The summed E-state index contributed by atoms with van der Waals surface area (Å²) in [5.41, 5.74) is 0.590. The quantitative estimate of drug-likeness (QED) is 0.439. The van der Waals surface area contributed by atoms with E-state index in [-0.39, 0.29) is 35.7 Å². The summed E-state index contributed by atoms with van der Waals surface area (Å²) >= 11 is 0. The first kappa shape index (κ1) is 28.3. The van der Waals surface area contributed by atoms with Crippen LogP contribution in [0.4, 0.5) is 10.6 Å². The summed E-state index contributed by atoms with van der Waals surface area (Å²) in [5, 5.41) is -0.0880. The first-order chi connectivity index (χ1) is 18.7. The standard InChI is InChI=1S/C26H34N6O6S2/c1-17-6-8-20(9-7-17)40(36,37)32-11-10-22-23(27-16-28-24(22)32)30(5)19-12-18(13-19)29-39(34,35)21-14-31(15-21)25(33)38-26(2,3)4/h6-11,16,18-19,21,29H,12-15H2,1-5H3. The van der Waals surface area contributed by atoms with E-state index in [1.54, 1.807) is 51.1 Å². The molecule has 2 aromatic heterocycles. The number of sulfonamides is 1. The molecule has 0 unspecified atom stereocenters. The predicted octanol–water partition coefficient (Wildman–Crippen LogP) is 2.48. The summed E-state index contributed by atoms with van der Waals surface area (Å²) in [5.74, 6) is 0.571. The molecule has 0 bridgehead atoms. The van der Waals surface area contributed by atoms with Gasteiger partial charge in [-0.1, -0.05) is 17.7 Å². The number of benzene rings is 1. The van der Waals surface area contributed by atoms with Gasteiger partial charge in [-0.15, -0.1) is 0 Å². The van der Waals surface area contributed by atoms with Crippen molar-refractivity contribution < 1.29 is 26.4 Å². The smallest absolute Gasteiger partial charge is 0.410 e. The Kier molecular flexibility index (Phi) is 7.07. The largest absolute Gasteiger partial charge is 0.444 e. The fraction of sp³-hybridized carbons (Fsp3) is 0.500. The molecular formula is C26H34N6O6S2. The maximum atomic E-state index is 13.3. The van der Waals surface area contributed by atoms with Crippen LogP contribution in [0.1, 0.15) is 39.2 Å². The van der Waals surface area contributed by atoms with Gasteiger partial charge in [0.05, 0.1) is 10.3 Å². The Morgan fingerprint density at radius 3 is 2.33 bits per heavy atom. The molecule has 1 aliphatic heterocycles. The van der Waals surface area contributed by atoms with Crippen LogP contribution in [0, 0.1) is 6.92 Å². The molecule has 3 aromatic rings. The van der Waals surface area contributed by atoms with E-state index in [0.29, 0.717) is 24.0 Å². The number of carbonyl (C=O) groups is 1. The number of rotatable bonds is 7. The van der Waals surface area contributed by atoms with E-state index in [9.17, 15) is 21.6 Å². The average Bonchev–Trinajstić information content (AvgIpc) is 3.24. The van der Waals surface area contributed by atoms with Crippen molar-refractivity contribution in [2.24, 2.45) is 0 Å². The minimum absolute atomic E-state index is 0.00232. The van der Waals surface area contributed by atoms with Gasteiger partial charge < -0.3 is 14.5 Å². The lowest BCUT2D eigenvalue weighted by Gasteiger charge is -2.44. The van der Waals surface area contributed by atoms with Gasteiger partial charge in [-0.05, 0) is 58.7 Å². The van der Waals surface area contributed by atoms with Gasteiger partial charge in [-0.2, -0.15) is 0 Å². The third-order valence-corrected chi connectivity index (χ3v) is 10.8. The Morgan fingerprint density at radius 2 is 1.70 bits per heavy atom. The number of hydrogen-bond acceptors (Lipinski definition) is 9. The molecule has 40 heavy (non-hydrogen) atoms. The molecule has 0 atom stereocenters. The van der Waals surface area contributed by atoms with Crippen LogP contribution < -0.4 is 9.62 Å². The maximum Gasteiger partial charge on any atom is 0.410 e. The summed E-state index contributed by atoms with van der Waals surface area (Å²) in [6, 6.07) is 8.07. The van der Waals surface area contributed by atoms with Gasteiger partial charge in [-0.25, -0.2) is 40.3 Å². The van der Waals surface area contributed by atoms with Crippen molar-refractivity contribution in [3.63, 3.8) is 0 Å². The van der Waals surface area contributed by atoms with E-state index in [2.05, 4.69) is 14.7 Å². The Morgan fingerprint density at radius 1 is 1.05 bits per heavy atom. The van der Waals surface area contributed by atoms with E-state index >= 15 is 0 Å². The zero-order valence-corrected chi connectivity index (χ0v) is 24.7. The first-order valence-corrected chi connectivity index (χ1v) is 16.0. The number of nitrogens with one attached hydrogen (secondary N) is 1. The molecule has 2 fully saturated rings. The lowest BCUT2D eigenvalue weighted by atomic mass is 9.86. The fourth-order valence-corrected chi connectivity index (χ4v) is 7.73. The third-order valence-electron chi connectivity index (χ3n) is 7.27. The summed E-state index contributed by atoms with van der Waals surface area (Å²) in [6.45, 7) is 7.38. The zero-order chi connectivity index (χ0) is 29.0. The minimum atomic E-state index is -3.85. The third kappa shape index (κ3) is 5.39. The lowest BCUT2D eigenvalue weighted by Crippen LogP contribution is -2.62. The SMILES string of the molecule is Cc1ccc(S(=O)(=O)n2ccc3c(N(C)C4CC(NS(=O)(=O)C5CN(C(=O)OC(C)(C)C)C5)C4)ncnc32)cc1. The molecule has 3 heterocycles. The second-order valence-corrected chi connectivity index (χ2v) is 15.3. The number of hydrogen-bond donors (Lipinski definition) is 1. The van der Waals surface area contributed by atoms with Crippen molar-refractivity contribution in [3.05, 3.63) is 48.4 Å². The summed E-state index contributed by atoms with van der Waals surface area (Å²) in [4.78, 5) is 24.3. The highest BCUT2D eigenvalue weighted by Gasteiger charge is 2.44. The zero-order valence-electron chi connectivity index (χ0n) is 23.1. The van der Waals surface area contributed by atoms with Crippen LogP contribution in [0.2, 0.25) is 0 Å². The molecule has 5 rings (SSSR count). The van der Waals surface area contributed by atoms with Crippen LogP contribution in [-0.2, 0) is 24.8 Å². The summed E-state index contributed by atoms with van der Waals surface area (Å²) in [6.07, 6.45) is 3.42. The molecule has 14 heteroatoms. The van der Waals surface area contributed by atoms with E-state index in [0.717, 1.165) is 9.54 Å². The molecule has 1 N–H and O–H groups in total. The molecule has 0 radical (unpaired) electrons. The number of fused-ring (bicyclic) bond motifs is 1. The number of carbonyl (C=O) groups excluding carboxylic acids is 1. The molecule has 12 nitrogen and oxygen atoms in total. The van der Waals surface area contributed by atoms with E-state index in [1.807, 2.05) is 18.9 Å². The van der Waals surface area contributed by atoms with Gasteiger partial charge in [0.25, 0.3) is 10.0 Å². The number of nitrogens with zero attached hydrogens (tertiary/aromatic N) is 5. The van der Waals surface area contributed by atoms with Gasteiger partial charge in [0.2, 0.25) is 10.0 Å². The molecule has 216 valence electrons. The number of aromatic nitrogens is 3. The van der Waals surface area contributed by atoms with Crippen LogP contribution in [0.3, 0.4) is 0 Å². The van der Waals surface area contributed by atoms with Crippen LogP contribution in [0.5, 0.6) is 0 Å². The molecule has 0 spiro atoms. The van der Waals surface area contributed by atoms with Gasteiger partial charge in [0, 0.05) is 38.4 Å². The summed E-state index contributed by atoms with van der Waals surface area (Å²) < 4.78 is 61.5. The van der Waals surface area contributed by atoms with Crippen LogP contribution >= 0.6 is 0 Å². The van der Waals surface area contributed by atoms with Crippen molar-refractivity contribution >= 4 is 43.0 Å². The van der Waals surface area contributed by atoms with Crippen LogP contribution in [-0.4, -0.2) is 84.8 Å². The molecule has 1 aliphatic carbocycles. The molecule has 1 saturated carbocycles. The number of likely N-dealkylation sites (tertiary alicyclic amines) is 1.